The Kier molecular flexibility index (Phi) is 4.74. The number of aryl methyl sites for hydroxylation is 1. The maximum Gasteiger partial charge on any atom is 0.330 e. The smallest absolute Gasteiger partial charge is 0.330 e. The number of ether oxygens (including phenoxy) is 1. The highest BCUT2D eigenvalue weighted by atomic mass is 31.2. The summed E-state index contributed by atoms with van der Waals surface area (Å²) in [7, 11) is -4.22. The third-order valence-corrected chi connectivity index (χ3v) is 4.73. The second kappa shape index (κ2) is 6.10. The number of H-pyrrole nitrogens is 1. The number of rotatable bonds is 4. The average Bonchev–Trinajstić information content (AvgIpc) is 2.73. The summed E-state index contributed by atoms with van der Waals surface area (Å²) in [6.45, 7) is 3.10. The fourth-order valence-corrected chi connectivity index (χ4v) is 3.60. The lowest BCUT2D eigenvalue weighted by Crippen LogP contribution is -2.34. The Balaban J connectivity index is 2.21. The van der Waals surface area contributed by atoms with Crippen LogP contribution in [-0.4, -0.2) is 42.8 Å². The van der Waals surface area contributed by atoms with E-state index in [0.717, 1.165) is 0 Å². The van der Waals surface area contributed by atoms with Crippen molar-refractivity contribution in [1.82, 2.24) is 9.55 Å². The van der Waals surface area contributed by atoms with Crippen LogP contribution in [0.1, 0.15) is 25.1 Å². The lowest BCUT2D eigenvalue weighted by Gasteiger charge is -2.22. The summed E-state index contributed by atoms with van der Waals surface area (Å²) in [6.07, 6.45) is -1.51. The lowest BCUT2D eigenvalue weighted by atomic mass is 10.0. The normalized spacial score (nSPS) is 27.0. The van der Waals surface area contributed by atoms with Crippen LogP contribution < -0.4 is 11.2 Å². The Labute approximate surface area is 125 Å². The monoisotopic (exact) mass is 334 g/mol. The minimum Gasteiger partial charge on any atom is -0.390 e. The Morgan fingerprint density at radius 2 is 2.14 bits per heavy atom. The van der Waals surface area contributed by atoms with Gasteiger partial charge in [-0.15, -0.1) is 0 Å². The van der Waals surface area contributed by atoms with Crippen molar-refractivity contribution in [1.29, 1.82) is 0 Å². The highest BCUT2D eigenvalue weighted by molar-refractivity contribution is 7.51. The number of nitrogens with zero attached hydrogens (tertiary/aromatic N) is 1. The Morgan fingerprint density at radius 3 is 2.73 bits per heavy atom. The molecule has 1 unspecified atom stereocenters. The third kappa shape index (κ3) is 3.74. The fraction of sp³-hybridized carbons (Fsp3) is 0.667. The first-order valence-corrected chi connectivity index (χ1v) is 8.58. The van der Waals surface area contributed by atoms with Gasteiger partial charge < -0.3 is 19.6 Å². The minimum atomic E-state index is -4.22. The molecule has 4 atom stereocenters. The molecule has 1 aromatic rings. The molecule has 4 N–H and O–H groups in total. The predicted molar refractivity (Wildman–Crippen MR) is 76.7 cm³/mol. The number of hydrogen-bond donors (Lipinski definition) is 4. The SMILES string of the molecule is Cc1cn([C@H]2CC(O)[C@@H]([C@@H](C)CP(=O)(O)O)O2)c(=O)[nH]c1=O. The van der Waals surface area contributed by atoms with Crippen LogP contribution in [0.25, 0.3) is 0 Å². The van der Waals surface area contributed by atoms with Gasteiger partial charge in [-0.05, 0) is 12.8 Å². The number of hydrogen-bond acceptors (Lipinski definition) is 5. The number of aromatic amines is 1. The maximum atomic E-state index is 11.8. The molecule has 0 bridgehead atoms. The van der Waals surface area contributed by atoms with E-state index < -0.39 is 49.4 Å². The van der Waals surface area contributed by atoms with Crippen molar-refractivity contribution in [2.24, 2.45) is 5.92 Å². The summed E-state index contributed by atoms with van der Waals surface area (Å²) in [4.78, 5) is 43.3. The lowest BCUT2D eigenvalue weighted by molar-refractivity contribution is -0.0432. The summed E-state index contributed by atoms with van der Waals surface area (Å²) in [5.74, 6) is -0.583. The van der Waals surface area contributed by atoms with Crippen molar-refractivity contribution in [3.05, 3.63) is 32.6 Å². The van der Waals surface area contributed by atoms with E-state index in [1.165, 1.54) is 17.7 Å². The van der Waals surface area contributed by atoms with Gasteiger partial charge in [-0.3, -0.25) is 18.9 Å². The van der Waals surface area contributed by atoms with E-state index in [4.69, 9.17) is 14.5 Å². The maximum absolute atomic E-state index is 11.8. The first-order valence-electron chi connectivity index (χ1n) is 6.78. The van der Waals surface area contributed by atoms with Gasteiger partial charge >= 0.3 is 13.3 Å². The summed E-state index contributed by atoms with van der Waals surface area (Å²) in [5, 5.41) is 10.0. The summed E-state index contributed by atoms with van der Waals surface area (Å²) < 4.78 is 17.8. The van der Waals surface area contributed by atoms with Gasteiger partial charge in [0.2, 0.25) is 0 Å². The van der Waals surface area contributed by atoms with Crippen LogP contribution in [0.2, 0.25) is 0 Å². The van der Waals surface area contributed by atoms with Crippen molar-refractivity contribution in [2.45, 2.75) is 38.7 Å². The molecule has 1 aliphatic rings. The van der Waals surface area contributed by atoms with Gasteiger partial charge in [0.05, 0.1) is 18.4 Å². The van der Waals surface area contributed by atoms with Crippen LogP contribution in [0.5, 0.6) is 0 Å². The first-order chi connectivity index (χ1) is 10.1. The highest BCUT2D eigenvalue weighted by Crippen LogP contribution is 2.41. The van der Waals surface area contributed by atoms with E-state index >= 15 is 0 Å². The van der Waals surface area contributed by atoms with E-state index in [0.29, 0.717) is 5.56 Å². The topological polar surface area (TPSA) is 142 Å². The van der Waals surface area contributed by atoms with Crippen molar-refractivity contribution in [2.75, 3.05) is 6.16 Å². The zero-order valence-electron chi connectivity index (χ0n) is 12.2. The van der Waals surface area contributed by atoms with Crippen LogP contribution >= 0.6 is 7.60 Å². The van der Waals surface area contributed by atoms with Gasteiger partial charge in [0.1, 0.15) is 6.23 Å². The molecule has 1 fully saturated rings. The van der Waals surface area contributed by atoms with E-state index in [1.54, 1.807) is 6.92 Å². The van der Waals surface area contributed by atoms with Crippen molar-refractivity contribution in [3.63, 3.8) is 0 Å². The second-order valence-corrected chi connectivity index (χ2v) is 7.36. The van der Waals surface area contributed by atoms with Crippen LogP contribution in [0.15, 0.2) is 15.8 Å². The van der Waals surface area contributed by atoms with Gasteiger partial charge in [-0.1, -0.05) is 6.92 Å². The molecular weight excluding hydrogens is 315 g/mol. The molecule has 0 saturated carbocycles. The summed E-state index contributed by atoms with van der Waals surface area (Å²) in [6, 6.07) is 0. The molecule has 9 nitrogen and oxygen atoms in total. The molecule has 0 radical (unpaired) electrons. The van der Waals surface area contributed by atoms with E-state index in [2.05, 4.69) is 4.98 Å². The highest BCUT2D eigenvalue weighted by Gasteiger charge is 2.40. The standard InChI is InChI=1S/C12H19N2O7P/c1-6-4-14(12(17)13-11(6)16)9-3-8(15)10(21-9)7(2)5-22(18,19)20/h4,7-10,15H,3,5H2,1-2H3,(H,13,16,17)(H2,18,19,20)/t7-,8?,9+,10+/m0/s1. The van der Waals surface area contributed by atoms with Gasteiger partial charge in [-0.25, -0.2) is 4.79 Å². The Morgan fingerprint density at radius 1 is 1.50 bits per heavy atom. The van der Waals surface area contributed by atoms with Crippen molar-refractivity contribution < 1.29 is 24.2 Å². The van der Waals surface area contributed by atoms with Crippen LogP contribution in [0.3, 0.4) is 0 Å². The molecule has 10 heteroatoms. The minimum absolute atomic E-state index is 0.0988. The fourth-order valence-electron chi connectivity index (χ4n) is 2.64. The quantitative estimate of drug-likeness (QED) is 0.534. The molecule has 1 aliphatic heterocycles. The summed E-state index contributed by atoms with van der Waals surface area (Å²) in [5.41, 5.74) is -0.827. The number of aliphatic hydroxyl groups is 1. The van der Waals surface area contributed by atoms with Gasteiger partial charge in [0, 0.05) is 18.2 Å². The molecule has 0 aliphatic carbocycles. The summed E-state index contributed by atoms with van der Waals surface area (Å²) >= 11 is 0. The largest absolute Gasteiger partial charge is 0.390 e. The molecule has 1 aromatic heterocycles. The average molecular weight is 334 g/mol. The molecule has 124 valence electrons. The van der Waals surface area contributed by atoms with Gasteiger partial charge in [-0.2, -0.15) is 0 Å². The Hall–Kier alpha value is -1.25. The van der Waals surface area contributed by atoms with Gasteiger partial charge in [0.15, 0.2) is 0 Å². The molecule has 0 amide bonds. The molecule has 0 aromatic carbocycles. The van der Waals surface area contributed by atoms with Crippen molar-refractivity contribution in [3.8, 4) is 0 Å². The van der Waals surface area contributed by atoms with Crippen LogP contribution in [0, 0.1) is 12.8 Å². The molecule has 2 rings (SSSR count). The molecule has 22 heavy (non-hydrogen) atoms. The van der Waals surface area contributed by atoms with Gasteiger partial charge in [0.25, 0.3) is 5.56 Å². The number of nitrogens with one attached hydrogen (secondary N) is 1. The number of aromatic nitrogens is 2. The van der Waals surface area contributed by atoms with E-state index in [9.17, 15) is 19.3 Å². The second-order valence-electron chi connectivity index (χ2n) is 5.66. The third-order valence-electron chi connectivity index (χ3n) is 3.68. The first kappa shape index (κ1) is 17.1. The molecule has 0 spiro atoms. The van der Waals surface area contributed by atoms with Crippen LogP contribution in [0.4, 0.5) is 0 Å². The van der Waals surface area contributed by atoms with Crippen molar-refractivity contribution >= 4 is 7.60 Å². The van der Waals surface area contributed by atoms with E-state index in [1.807, 2.05) is 0 Å². The number of aliphatic hydroxyl groups excluding tert-OH is 1. The Bertz CT molecular complexity index is 706. The van der Waals surface area contributed by atoms with E-state index in [-0.39, 0.29) is 6.42 Å². The zero-order valence-corrected chi connectivity index (χ0v) is 13.1. The predicted octanol–water partition coefficient (Wildman–Crippen LogP) is -0.693. The van der Waals surface area contributed by atoms with Crippen LogP contribution in [-0.2, 0) is 9.30 Å². The molecule has 2 heterocycles. The molecule has 1 saturated heterocycles. The molecular formula is C12H19N2O7P. The zero-order chi connectivity index (χ0) is 16.7.